The summed E-state index contributed by atoms with van der Waals surface area (Å²) in [6.07, 6.45) is 4.73. The van der Waals surface area contributed by atoms with Gasteiger partial charge in [0.25, 0.3) is 0 Å². The van der Waals surface area contributed by atoms with Crippen molar-refractivity contribution in [1.82, 2.24) is 15.1 Å². The lowest BCUT2D eigenvalue weighted by atomic mass is 10.0. The van der Waals surface area contributed by atoms with Gasteiger partial charge in [0.15, 0.2) is 0 Å². The van der Waals surface area contributed by atoms with Gasteiger partial charge in [-0.3, -0.25) is 4.68 Å². The Balaban J connectivity index is 1.71. The Kier molecular flexibility index (Phi) is 3.97. The molecule has 1 aromatic carbocycles. The van der Waals surface area contributed by atoms with Gasteiger partial charge in [-0.1, -0.05) is 12.1 Å². The molecule has 112 valence electrons. The third-order valence-electron chi connectivity index (χ3n) is 4.20. The Bertz CT molecular complexity index is 599. The highest BCUT2D eigenvalue weighted by Gasteiger charge is 2.32. The van der Waals surface area contributed by atoms with Crippen LogP contribution in [0.25, 0.3) is 0 Å². The molecular weight excluding hydrogens is 262 g/mol. The molecule has 0 amide bonds. The second-order valence-corrected chi connectivity index (χ2v) is 5.88. The summed E-state index contributed by atoms with van der Waals surface area (Å²) in [5.41, 5.74) is 3.73. The van der Waals surface area contributed by atoms with Gasteiger partial charge in [0, 0.05) is 31.4 Å². The highest BCUT2D eigenvalue weighted by molar-refractivity contribution is 5.30. The molecule has 2 aromatic rings. The lowest BCUT2D eigenvalue weighted by Crippen LogP contribution is -2.22. The van der Waals surface area contributed by atoms with Crippen LogP contribution in [0.15, 0.2) is 30.5 Å². The highest BCUT2D eigenvalue weighted by atomic mass is 16.5. The quantitative estimate of drug-likeness (QED) is 0.887. The Morgan fingerprint density at radius 1 is 1.33 bits per heavy atom. The number of aryl methyl sites for hydroxylation is 2. The van der Waals surface area contributed by atoms with Crippen LogP contribution >= 0.6 is 0 Å². The average molecular weight is 285 g/mol. The van der Waals surface area contributed by atoms with Gasteiger partial charge in [-0.2, -0.15) is 5.10 Å². The van der Waals surface area contributed by atoms with Crippen molar-refractivity contribution in [1.29, 1.82) is 0 Å². The minimum atomic E-state index is 0.426. The fourth-order valence-corrected chi connectivity index (χ4v) is 2.84. The lowest BCUT2D eigenvalue weighted by Gasteiger charge is -2.19. The Morgan fingerprint density at radius 3 is 2.57 bits per heavy atom. The van der Waals surface area contributed by atoms with Gasteiger partial charge in [0.1, 0.15) is 5.75 Å². The Labute approximate surface area is 126 Å². The van der Waals surface area contributed by atoms with Crippen LogP contribution < -0.4 is 10.1 Å². The molecule has 4 nitrogen and oxygen atoms in total. The highest BCUT2D eigenvalue weighted by Crippen LogP contribution is 2.41. The minimum absolute atomic E-state index is 0.426. The van der Waals surface area contributed by atoms with Crippen molar-refractivity contribution in [3.63, 3.8) is 0 Å². The van der Waals surface area contributed by atoms with E-state index in [-0.39, 0.29) is 0 Å². The van der Waals surface area contributed by atoms with Crippen LogP contribution in [-0.4, -0.2) is 16.9 Å². The van der Waals surface area contributed by atoms with Crippen LogP contribution in [0.2, 0.25) is 0 Å². The van der Waals surface area contributed by atoms with Crippen molar-refractivity contribution in [3.05, 3.63) is 47.3 Å². The van der Waals surface area contributed by atoms with E-state index in [2.05, 4.69) is 35.7 Å². The van der Waals surface area contributed by atoms with E-state index >= 15 is 0 Å². The summed E-state index contributed by atoms with van der Waals surface area (Å²) in [4.78, 5) is 0. The van der Waals surface area contributed by atoms with Crippen molar-refractivity contribution in [3.8, 4) is 5.75 Å². The van der Waals surface area contributed by atoms with E-state index in [1.807, 2.05) is 23.9 Å². The molecule has 0 bridgehead atoms. The van der Waals surface area contributed by atoms with E-state index in [0.29, 0.717) is 6.04 Å². The molecule has 0 radical (unpaired) electrons. The minimum Gasteiger partial charge on any atom is -0.497 e. The van der Waals surface area contributed by atoms with Gasteiger partial charge in [-0.25, -0.2) is 0 Å². The third-order valence-corrected chi connectivity index (χ3v) is 4.20. The number of hydrogen-bond donors (Lipinski definition) is 1. The Hall–Kier alpha value is -1.81. The van der Waals surface area contributed by atoms with Crippen LogP contribution in [-0.2, 0) is 13.6 Å². The molecule has 0 spiro atoms. The van der Waals surface area contributed by atoms with Crippen LogP contribution in [0.4, 0.5) is 0 Å². The van der Waals surface area contributed by atoms with E-state index in [9.17, 15) is 0 Å². The van der Waals surface area contributed by atoms with E-state index in [0.717, 1.165) is 23.9 Å². The third kappa shape index (κ3) is 3.27. The summed E-state index contributed by atoms with van der Waals surface area (Å²) >= 11 is 0. The summed E-state index contributed by atoms with van der Waals surface area (Å²) < 4.78 is 7.12. The van der Waals surface area contributed by atoms with Gasteiger partial charge in [0.2, 0.25) is 0 Å². The lowest BCUT2D eigenvalue weighted by molar-refractivity contribution is 0.413. The maximum atomic E-state index is 5.24. The first kappa shape index (κ1) is 14.1. The summed E-state index contributed by atoms with van der Waals surface area (Å²) in [7, 11) is 3.68. The first-order valence-corrected chi connectivity index (χ1v) is 7.54. The molecule has 1 unspecified atom stereocenters. The second-order valence-electron chi connectivity index (χ2n) is 5.88. The summed E-state index contributed by atoms with van der Waals surface area (Å²) in [5, 5.41) is 8.12. The van der Waals surface area contributed by atoms with Crippen LogP contribution in [0.1, 0.15) is 35.7 Å². The first-order valence-electron chi connectivity index (χ1n) is 7.54. The van der Waals surface area contributed by atoms with Gasteiger partial charge in [-0.05, 0) is 43.4 Å². The zero-order valence-electron chi connectivity index (χ0n) is 13.0. The molecule has 0 aliphatic heterocycles. The van der Waals surface area contributed by atoms with Gasteiger partial charge < -0.3 is 10.1 Å². The number of nitrogens with one attached hydrogen (secondary N) is 1. The fourth-order valence-electron chi connectivity index (χ4n) is 2.84. The smallest absolute Gasteiger partial charge is 0.118 e. The normalized spacial score (nSPS) is 16.0. The number of aromatic nitrogens is 2. The Morgan fingerprint density at radius 2 is 2.05 bits per heavy atom. The molecule has 4 heteroatoms. The largest absolute Gasteiger partial charge is 0.497 e. The number of rotatable bonds is 6. The standard InChI is InChI=1S/C17H23N3O/c1-12-15(11-20(2)19-12)10-18-17(13-4-5-13)14-6-8-16(21-3)9-7-14/h6-9,11,13,17-18H,4-5,10H2,1-3H3. The SMILES string of the molecule is COc1ccc(C(NCc2cn(C)nc2C)C2CC2)cc1. The maximum absolute atomic E-state index is 5.24. The second kappa shape index (κ2) is 5.90. The zero-order valence-corrected chi connectivity index (χ0v) is 13.0. The average Bonchev–Trinajstić information content (AvgIpc) is 3.26. The van der Waals surface area contributed by atoms with Gasteiger partial charge in [-0.15, -0.1) is 0 Å². The van der Waals surface area contributed by atoms with E-state index in [1.165, 1.54) is 24.0 Å². The number of ether oxygens (including phenoxy) is 1. The molecule has 1 N–H and O–H groups in total. The fraction of sp³-hybridized carbons (Fsp3) is 0.471. The number of hydrogen-bond acceptors (Lipinski definition) is 3. The summed E-state index contributed by atoms with van der Waals surface area (Å²) in [6.45, 7) is 2.93. The maximum Gasteiger partial charge on any atom is 0.118 e. The monoisotopic (exact) mass is 285 g/mol. The van der Waals surface area contributed by atoms with Crippen LogP contribution in [0, 0.1) is 12.8 Å². The number of methoxy groups -OCH3 is 1. The zero-order chi connectivity index (χ0) is 14.8. The molecule has 0 saturated heterocycles. The summed E-state index contributed by atoms with van der Waals surface area (Å²) in [5.74, 6) is 1.67. The van der Waals surface area contributed by atoms with Crippen LogP contribution in [0.5, 0.6) is 5.75 Å². The van der Waals surface area contributed by atoms with Crippen molar-refractivity contribution >= 4 is 0 Å². The first-order chi connectivity index (χ1) is 10.2. The predicted octanol–water partition coefficient (Wildman–Crippen LogP) is 2.98. The van der Waals surface area contributed by atoms with Gasteiger partial charge >= 0.3 is 0 Å². The van der Waals surface area contributed by atoms with Crippen LogP contribution in [0.3, 0.4) is 0 Å². The molecule has 21 heavy (non-hydrogen) atoms. The molecule has 1 fully saturated rings. The molecule has 1 aromatic heterocycles. The topological polar surface area (TPSA) is 39.1 Å². The van der Waals surface area contributed by atoms with E-state index in [1.54, 1.807) is 7.11 Å². The van der Waals surface area contributed by atoms with Crippen molar-refractivity contribution in [2.75, 3.05) is 7.11 Å². The molecule has 1 aliphatic carbocycles. The molecule has 1 heterocycles. The number of benzene rings is 1. The van der Waals surface area contributed by atoms with E-state index < -0.39 is 0 Å². The molecule has 1 atom stereocenters. The molecular formula is C17H23N3O. The predicted molar refractivity (Wildman–Crippen MR) is 83.2 cm³/mol. The molecule has 1 saturated carbocycles. The number of nitrogens with zero attached hydrogens (tertiary/aromatic N) is 2. The molecule has 3 rings (SSSR count). The van der Waals surface area contributed by atoms with Crippen molar-refractivity contribution in [2.45, 2.75) is 32.4 Å². The van der Waals surface area contributed by atoms with Crippen molar-refractivity contribution in [2.24, 2.45) is 13.0 Å². The van der Waals surface area contributed by atoms with Crippen molar-refractivity contribution < 1.29 is 4.74 Å². The van der Waals surface area contributed by atoms with E-state index in [4.69, 9.17) is 4.74 Å². The molecule has 1 aliphatic rings. The van der Waals surface area contributed by atoms with Gasteiger partial charge in [0.05, 0.1) is 12.8 Å². The summed E-state index contributed by atoms with van der Waals surface area (Å²) in [6, 6.07) is 8.86.